The molecule has 0 bridgehead atoms. The third-order valence-electron chi connectivity index (χ3n) is 5.00. The number of para-hydroxylation sites is 1. The minimum absolute atomic E-state index is 0.125. The number of carbonyl (C=O) groups excluding carboxylic acids is 1. The zero-order chi connectivity index (χ0) is 24.0. The molecule has 3 rings (SSSR count). The number of nitrogens with one attached hydrogen (secondary N) is 1. The summed E-state index contributed by atoms with van der Waals surface area (Å²) < 4.78 is 34.5. The van der Waals surface area contributed by atoms with Crippen molar-refractivity contribution in [3.05, 3.63) is 88.4 Å². The predicted molar refractivity (Wildman–Crippen MR) is 134 cm³/mol. The molecule has 174 valence electrons. The minimum atomic E-state index is -3.95. The lowest BCUT2D eigenvalue weighted by molar-refractivity contribution is -0.120. The fraction of sp³-hybridized carbons (Fsp3) is 0.240. The van der Waals surface area contributed by atoms with Gasteiger partial charge in [-0.1, -0.05) is 51.8 Å². The summed E-state index contributed by atoms with van der Waals surface area (Å²) in [5, 5.41) is 2.83. The summed E-state index contributed by atoms with van der Waals surface area (Å²) in [4.78, 5) is 13.0. The third kappa shape index (κ3) is 6.58. The molecule has 8 heteroatoms. The molecule has 33 heavy (non-hydrogen) atoms. The molecular formula is C25H27BrN2O4S. The standard InChI is InChI=1S/C25H27BrN2O4S/c1-18-8-14-23(15-9-18)33(30,31)28(22-12-10-21(26)11-13-22)16-25(29)27-20(3)17-32-24-7-5-4-6-19(24)2/h4-15,20H,16-17H2,1-3H3,(H,27,29). The summed E-state index contributed by atoms with van der Waals surface area (Å²) in [6.45, 7) is 5.56. The molecule has 0 radical (unpaired) electrons. The van der Waals surface area contributed by atoms with Crippen LogP contribution >= 0.6 is 15.9 Å². The van der Waals surface area contributed by atoms with E-state index in [1.54, 1.807) is 48.5 Å². The van der Waals surface area contributed by atoms with E-state index in [2.05, 4.69) is 21.2 Å². The third-order valence-corrected chi connectivity index (χ3v) is 7.32. The number of sulfonamides is 1. The molecule has 0 saturated carbocycles. The monoisotopic (exact) mass is 530 g/mol. The van der Waals surface area contributed by atoms with Crippen LogP contribution in [0.15, 0.2) is 82.2 Å². The van der Waals surface area contributed by atoms with E-state index in [-0.39, 0.29) is 24.1 Å². The Morgan fingerprint density at radius 2 is 1.64 bits per heavy atom. The summed E-state index contributed by atoms with van der Waals surface area (Å²) in [7, 11) is -3.95. The topological polar surface area (TPSA) is 75.7 Å². The van der Waals surface area contributed by atoms with Crippen molar-refractivity contribution < 1.29 is 17.9 Å². The van der Waals surface area contributed by atoms with Gasteiger partial charge in [0.05, 0.1) is 16.6 Å². The van der Waals surface area contributed by atoms with Crippen molar-refractivity contribution in [3.63, 3.8) is 0 Å². The lowest BCUT2D eigenvalue weighted by Gasteiger charge is -2.25. The number of halogens is 1. The van der Waals surface area contributed by atoms with E-state index in [4.69, 9.17) is 4.74 Å². The first-order valence-electron chi connectivity index (χ1n) is 10.5. The molecule has 1 unspecified atom stereocenters. The second-order valence-corrected chi connectivity index (χ2v) is 10.6. The normalized spacial score (nSPS) is 12.1. The van der Waals surface area contributed by atoms with E-state index in [0.29, 0.717) is 5.69 Å². The molecule has 0 saturated heterocycles. The zero-order valence-electron chi connectivity index (χ0n) is 18.8. The summed E-state index contributed by atoms with van der Waals surface area (Å²) in [6, 6.07) is 20.7. The van der Waals surface area contributed by atoms with Crippen molar-refractivity contribution in [2.24, 2.45) is 0 Å². The van der Waals surface area contributed by atoms with Crippen LogP contribution in [0.2, 0.25) is 0 Å². The van der Waals surface area contributed by atoms with Gasteiger partial charge in [-0.2, -0.15) is 0 Å². The molecule has 0 spiro atoms. The Balaban J connectivity index is 1.75. The summed E-state index contributed by atoms with van der Waals surface area (Å²) in [5.74, 6) is 0.325. The highest BCUT2D eigenvalue weighted by Gasteiger charge is 2.27. The van der Waals surface area contributed by atoms with Crippen LogP contribution in [0.1, 0.15) is 18.1 Å². The first-order valence-corrected chi connectivity index (χ1v) is 12.7. The van der Waals surface area contributed by atoms with Gasteiger partial charge in [0.2, 0.25) is 5.91 Å². The number of nitrogens with zero attached hydrogens (tertiary/aromatic N) is 1. The van der Waals surface area contributed by atoms with E-state index >= 15 is 0 Å². The Morgan fingerprint density at radius 1 is 1.00 bits per heavy atom. The molecule has 6 nitrogen and oxygen atoms in total. The van der Waals surface area contributed by atoms with E-state index in [1.165, 1.54) is 0 Å². The molecule has 1 amide bonds. The molecule has 0 fully saturated rings. The summed E-state index contributed by atoms with van der Waals surface area (Å²) in [5.41, 5.74) is 2.35. The molecule has 0 aliphatic rings. The smallest absolute Gasteiger partial charge is 0.264 e. The predicted octanol–water partition coefficient (Wildman–Crippen LogP) is 4.84. The molecular weight excluding hydrogens is 504 g/mol. The summed E-state index contributed by atoms with van der Waals surface area (Å²) in [6.07, 6.45) is 0. The van der Waals surface area contributed by atoms with Crippen LogP contribution < -0.4 is 14.4 Å². The van der Waals surface area contributed by atoms with Crippen LogP contribution in [-0.2, 0) is 14.8 Å². The number of hydrogen-bond acceptors (Lipinski definition) is 4. The maximum Gasteiger partial charge on any atom is 0.264 e. The molecule has 0 aliphatic carbocycles. The Labute approximate surface area is 203 Å². The molecule has 0 aromatic heterocycles. The minimum Gasteiger partial charge on any atom is -0.491 e. The second-order valence-electron chi connectivity index (χ2n) is 7.85. The highest BCUT2D eigenvalue weighted by atomic mass is 79.9. The fourth-order valence-corrected chi connectivity index (χ4v) is 4.87. The SMILES string of the molecule is Cc1ccc(S(=O)(=O)N(CC(=O)NC(C)COc2ccccc2C)c2ccc(Br)cc2)cc1. The lowest BCUT2D eigenvalue weighted by atomic mass is 10.2. The van der Waals surface area contributed by atoms with Gasteiger partial charge < -0.3 is 10.1 Å². The Kier molecular flexibility index (Phi) is 8.15. The first kappa shape index (κ1) is 24.8. The average Bonchev–Trinajstić information content (AvgIpc) is 2.78. The van der Waals surface area contributed by atoms with E-state index < -0.39 is 15.9 Å². The number of hydrogen-bond donors (Lipinski definition) is 1. The quantitative estimate of drug-likeness (QED) is 0.429. The van der Waals surface area contributed by atoms with Gasteiger partial charge in [0.25, 0.3) is 10.0 Å². The van der Waals surface area contributed by atoms with Crippen LogP contribution in [0.4, 0.5) is 5.69 Å². The number of anilines is 1. The van der Waals surface area contributed by atoms with Gasteiger partial charge in [-0.25, -0.2) is 8.42 Å². The van der Waals surface area contributed by atoms with Crippen LogP contribution in [0.5, 0.6) is 5.75 Å². The second kappa shape index (κ2) is 10.9. The van der Waals surface area contributed by atoms with Crippen LogP contribution in [0.25, 0.3) is 0 Å². The number of aryl methyl sites for hydroxylation is 2. The number of amides is 1. The molecule has 1 N–H and O–H groups in total. The van der Waals surface area contributed by atoms with Crippen molar-refractivity contribution in [1.82, 2.24) is 5.32 Å². The molecule has 0 aliphatic heterocycles. The number of carbonyl (C=O) groups is 1. The fourth-order valence-electron chi connectivity index (χ4n) is 3.19. The lowest BCUT2D eigenvalue weighted by Crippen LogP contribution is -2.45. The van der Waals surface area contributed by atoms with Gasteiger partial charge in [-0.15, -0.1) is 0 Å². The Bertz CT molecular complexity index is 1200. The van der Waals surface area contributed by atoms with Gasteiger partial charge in [-0.3, -0.25) is 9.10 Å². The zero-order valence-corrected chi connectivity index (χ0v) is 21.2. The van der Waals surface area contributed by atoms with Crippen molar-refractivity contribution >= 4 is 37.5 Å². The van der Waals surface area contributed by atoms with Gasteiger partial charge in [-0.05, 0) is 68.8 Å². The van der Waals surface area contributed by atoms with Crippen molar-refractivity contribution in [3.8, 4) is 5.75 Å². The molecule has 3 aromatic rings. The van der Waals surface area contributed by atoms with Crippen LogP contribution in [-0.4, -0.2) is 33.5 Å². The van der Waals surface area contributed by atoms with Crippen LogP contribution in [0, 0.1) is 13.8 Å². The van der Waals surface area contributed by atoms with Crippen LogP contribution in [0.3, 0.4) is 0 Å². The van der Waals surface area contributed by atoms with Gasteiger partial charge >= 0.3 is 0 Å². The van der Waals surface area contributed by atoms with Gasteiger partial charge in [0.15, 0.2) is 0 Å². The highest BCUT2D eigenvalue weighted by Crippen LogP contribution is 2.25. The van der Waals surface area contributed by atoms with Crippen molar-refractivity contribution in [1.29, 1.82) is 0 Å². The number of ether oxygens (including phenoxy) is 1. The summed E-state index contributed by atoms with van der Waals surface area (Å²) >= 11 is 3.36. The van der Waals surface area contributed by atoms with Gasteiger partial charge in [0.1, 0.15) is 18.9 Å². The number of benzene rings is 3. The van der Waals surface area contributed by atoms with Crippen molar-refractivity contribution in [2.45, 2.75) is 31.7 Å². The molecule has 1 atom stereocenters. The molecule has 3 aromatic carbocycles. The Hall–Kier alpha value is -2.84. The van der Waals surface area contributed by atoms with Crippen molar-refractivity contribution in [2.75, 3.05) is 17.5 Å². The van der Waals surface area contributed by atoms with E-state index in [9.17, 15) is 13.2 Å². The number of rotatable bonds is 9. The molecule has 0 heterocycles. The maximum absolute atomic E-state index is 13.4. The largest absolute Gasteiger partial charge is 0.491 e. The van der Waals surface area contributed by atoms with Gasteiger partial charge in [0, 0.05) is 4.47 Å². The van der Waals surface area contributed by atoms with E-state index in [1.807, 2.05) is 45.0 Å². The maximum atomic E-state index is 13.4. The average molecular weight is 531 g/mol. The highest BCUT2D eigenvalue weighted by molar-refractivity contribution is 9.10. The van der Waals surface area contributed by atoms with E-state index in [0.717, 1.165) is 25.7 Å². The Morgan fingerprint density at radius 3 is 2.27 bits per heavy atom. The first-order chi connectivity index (χ1) is 15.7.